The highest BCUT2D eigenvalue weighted by Gasteiger charge is 2.35. The fraction of sp³-hybridized carbons (Fsp3) is 0.200. The van der Waals surface area contributed by atoms with Crippen LogP contribution in [0.4, 0.5) is 5.69 Å². The normalized spacial score (nSPS) is 12.8. The standard InChI is InChI=1S/C20H19N3O5/c1-28-10-2-9-23-19(26)15-8-5-13(11-16(15)20(23)27)18(25)22-14-6-3-12(4-7-14)17(21)24/h3-8,11H,2,9-10H2,1H3,(H2,21,24)(H,22,25). The SMILES string of the molecule is COCCCN1C(=O)c2ccc(C(=O)Nc3ccc(C(N)=O)cc3)cc2C1=O. The number of amides is 4. The van der Waals surface area contributed by atoms with E-state index in [4.69, 9.17) is 10.5 Å². The number of ether oxygens (including phenoxy) is 1. The number of carbonyl (C=O) groups is 4. The van der Waals surface area contributed by atoms with Crippen LogP contribution in [-0.2, 0) is 4.74 Å². The summed E-state index contributed by atoms with van der Waals surface area (Å²) in [6, 6.07) is 10.5. The lowest BCUT2D eigenvalue weighted by Gasteiger charge is -2.12. The van der Waals surface area contributed by atoms with E-state index in [0.717, 1.165) is 4.90 Å². The number of fused-ring (bicyclic) bond motifs is 1. The zero-order valence-corrected chi connectivity index (χ0v) is 15.2. The van der Waals surface area contributed by atoms with E-state index in [2.05, 4.69) is 5.32 Å². The van der Waals surface area contributed by atoms with Gasteiger partial charge in [-0.15, -0.1) is 0 Å². The Morgan fingerprint density at radius 1 is 1.00 bits per heavy atom. The van der Waals surface area contributed by atoms with E-state index in [1.165, 1.54) is 30.3 Å². The molecule has 3 N–H and O–H groups in total. The van der Waals surface area contributed by atoms with Crippen molar-refractivity contribution in [3.8, 4) is 0 Å². The third-order valence-electron chi connectivity index (χ3n) is 4.39. The zero-order valence-electron chi connectivity index (χ0n) is 15.2. The van der Waals surface area contributed by atoms with Crippen LogP contribution in [0.1, 0.15) is 47.9 Å². The Labute approximate surface area is 161 Å². The van der Waals surface area contributed by atoms with Crippen molar-refractivity contribution >= 4 is 29.3 Å². The van der Waals surface area contributed by atoms with Crippen LogP contribution in [0.2, 0.25) is 0 Å². The van der Waals surface area contributed by atoms with E-state index in [1.807, 2.05) is 0 Å². The Hall–Kier alpha value is -3.52. The number of rotatable bonds is 7. The number of hydrogen-bond donors (Lipinski definition) is 2. The molecule has 2 aromatic carbocycles. The second-order valence-electron chi connectivity index (χ2n) is 6.26. The van der Waals surface area contributed by atoms with Gasteiger partial charge in [-0.05, 0) is 48.9 Å². The van der Waals surface area contributed by atoms with Gasteiger partial charge in [0, 0.05) is 37.1 Å². The number of hydrogen-bond acceptors (Lipinski definition) is 5. The minimum atomic E-state index is -0.560. The smallest absolute Gasteiger partial charge is 0.261 e. The minimum Gasteiger partial charge on any atom is -0.385 e. The van der Waals surface area contributed by atoms with Gasteiger partial charge in [-0.25, -0.2) is 0 Å². The van der Waals surface area contributed by atoms with Crippen molar-refractivity contribution in [2.75, 3.05) is 25.6 Å². The summed E-state index contributed by atoms with van der Waals surface area (Å²) in [5.41, 5.74) is 6.72. The highest BCUT2D eigenvalue weighted by molar-refractivity contribution is 6.22. The molecule has 0 unspecified atom stereocenters. The summed E-state index contributed by atoms with van der Waals surface area (Å²) in [4.78, 5) is 49.7. The maximum atomic E-state index is 12.5. The first kappa shape index (κ1) is 19.2. The van der Waals surface area contributed by atoms with Crippen LogP contribution in [0.25, 0.3) is 0 Å². The van der Waals surface area contributed by atoms with Crippen LogP contribution in [0.15, 0.2) is 42.5 Å². The Bertz CT molecular complexity index is 953. The second-order valence-corrected chi connectivity index (χ2v) is 6.26. The van der Waals surface area contributed by atoms with Gasteiger partial charge in [-0.2, -0.15) is 0 Å². The summed E-state index contributed by atoms with van der Waals surface area (Å²) in [7, 11) is 1.55. The molecule has 0 bridgehead atoms. The number of methoxy groups -OCH3 is 1. The van der Waals surface area contributed by atoms with E-state index < -0.39 is 17.7 Å². The third-order valence-corrected chi connectivity index (χ3v) is 4.39. The summed E-state index contributed by atoms with van der Waals surface area (Å²) in [6.07, 6.45) is 0.538. The van der Waals surface area contributed by atoms with Gasteiger partial charge in [0.25, 0.3) is 17.7 Å². The fourth-order valence-electron chi connectivity index (χ4n) is 2.92. The first-order valence-electron chi connectivity index (χ1n) is 8.62. The van der Waals surface area contributed by atoms with Crippen LogP contribution in [-0.4, -0.2) is 48.8 Å². The molecule has 0 radical (unpaired) electrons. The highest BCUT2D eigenvalue weighted by Crippen LogP contribution is 2.24. The van der Waals surface area contributed by atoms with Crippen molar-refractivity contribution in [1.29, 1.82) is 0 Å². The van der Waals surface area contributed by atoms with E-state index in [-0.39, 0.29) is 29.1 Å². The van der Waals surface area contributed by atoms with Crippen molar-refractivity contribution in [1.82, 2.24) is 4.90 Å². The van der Waals surface area contributed by atoms with E-state index in [0.29, 0.717) is 24.3 Å². The molecule has 0 aromatic heterocycles. The molecule has 0 saturated heterocycles. The molecule has 1 aliphatic heterocycles. The summed E-state index contributed by atoms with van der Waals surface area (Å²) in [5, 5.41) is 2.68. The lowest BCUT2D eigenvalue weighted by Crippen LogP contribution is -2.31. The molecule has 28 heavy (non-hydrogen) atoms. The number of nitrogens with one attached hydrogen (secondary N) is 1. The van der Waals surface area contributed by atoms with Gasteiger partial charge < -0.3 is 15.8 Å². The van der Waals surface area contributed by atoms with Gasteiger partial charge in [0.05, 0.1) is 11.1 Å². The monoisotopic (exact) mass is 381 g/mol. The second kappa shape index (κ2) is 8.01. The summed E-state index contributed by atoms with van der Waals surface area (Å²) in [5.74, 6) is -1.79. The number of nitrogens with two attached hydrogens (primary N) is 1. The average Bonchev–Trinajstić information content (AvgIpc) is 2.93. The van der Waals surface area contributed by atoms with Gasteiger partial charge >= 0.3 is 0 Å². The Morgan fingerprint density at radius 2 is 1.64 bits per heavy atom. The maximum Gasteiger partial charge on any atom is 0.261 e. The van der Waals surface area contributed by atoms with E-state index >= 15 is 0 Å². The molecule has 8 heteroatoms. The van der Waals surface area contributed by atoms with Gasteiger partial charge in [0.15, 0.2) is 0 Å². The van der Waals surface area contributed by atoms with Crippen molar-refractivity contribution in [3.05, 3.63) is 64.7 Å². The average molecular weight is 381 g/mol. The molecular formula is C20H19N3O5. The number of imide groups is 1. The molecule has 1 heterocycles. The van der Waals surface area contributed by atoms with Crippen LogP contribution < -0.4 is 11.1 Å². The minimum absolute atomic E-state index is 0.208. The predicted octanol–water partition coefficient (Wildman–Crippen LogP) is 1.67. The van der Waals surface area contributed by atoms with E-state index in [1.54, 1.807) is 19.2 Å². The predicted molar refractivity (Wildman–Crippen MR) is 101 cm³/mol. The Balaban J connectivity index is 1.75. The number of benzene rings is 2. The van der Waals surface area contributed by atoms with Crippen molar-refractivity contribution in [2.24, 2.45) is 5.73 Å². The van der Waals surface area contributed by atoms with Crippen molar-refractivity contribution < 1.29 is 23.9 Å². The molecule has 0 spiro atoms. The quantitative estimate of drug-likeness (QED) is 0.559. The van der Waals surface area contributed by atoms with E-state index in [9.17, 15) is 19.2 Å². The topological polar surface area (TPSA) is 119 Å². The van der Waals surface area contributed by atoms with Crippen molar-refractivity contribution in [2.45, 2.75) is 6.42 Å². The number of nitrogens with zero attached hydrogens (tertiary/aromatic N) is 1. The lowest BCUT2D eigenvalue weighted by atomic mass is 10.1. The first-order valence-corrected chi connectivity index (χ1v) is 8.62. The molecule has 1 aliphatic rings. The van der Waals surface area contributed by atoms with Gasteiger partial charge in [0.1, 0.15) is 0 Å². The summed E-state index contributed by atoms with van der Waals surface area (Å²) < 4.78 is 4.95. The first-order chi connectivity index (χ1) is 13.4. The molecular weight excluding hydrogens is 362 g/mol. The molecule has 0 atom stereocenters. The molecule has 2 aromatic rings. The number of primary amides is 1. The van der Waals surface area contributed by atoms with Crippen LogP contribution in [0, 0.1) is 0 Å². The van der Waals surface area contributed by atoms with Crippen LogP contribution in [0.5, 0.6) is 0 Å². The molecule has 4 amide bonds. The van der Waals surface area contributed by atoms with Crippen LogP contribution in [0.3, 0.4) is 0 Å². The summed E-state index contributed by atoms with van der Waals surface area (Å²) in [6.45, 7) is 0.698. The zero-order chi connectivity index (χ0) is 20.3. The lowest BCUT2D eigenvalue weighted by molar-refractivity contribution is 0.0638. The molecule has 0 aliphatic carbocycles. The summed E-state index contributed by atoms with van der Waals surface area (Å²) >= 11 is 0. The Kier molecular flexibility index (Phi) is 5.51. The third kappa shape index (κ3) is 3.77. The van der Waals surface area contributed by atoms with Gasteiger partial charge in [-0.1, -0.05) is 0 Å². The van der Waals surface area contributed by atoms with Gasteiger partial charge in [0.2, 0.25) is 5.91 Å². The molecule has 0 fully saturated rings. The largest absolute Gasteiger partial charge is 0.385 e. The molecule has 144 valence electrons. The Morgan fingerprint density at radius 3 is 2.29 bits per heavy atom. The molecule has 0 saturated carbocycles. The number of carbonyl (C=O) groups excluding carboxylic acids is 4. The highest BCUT2D eigenvalue weighted by atomic mass is 16.5. The maximum absolute atomic E-state index is 12.5. The van der Waals surface area contributed by atoms with Crippen LogP contribution >= 0.6 is 0 Å². The van der Waals surface area contributed by atoms with Gasteiger partial charge in [-0.3, -0.25) is 24.1 Å². The van der Waals surface area contributed by atoms with Crippen molar-refractivity contribution in [3.63, 3.8) is 0 Å². The fourth-order valence-corrected chi connectivity index (χ4v) is 2.92. The molecule has 8 nitrogen and oxygen atoms in total. The number of anilines is 1. The molecule has 3 rings (SSSR count).